The van der Waals surface area contributed by atoms with Gasteiger partial charge in [-0.25, -0.2) is 10.7 Å². The van der Waals surface area contributed by atoms with Crippen molar-refractivity contribution in [2.24, 2.45) is 5.90 Å². The lowest BCUT2D eigenvalue weighted by Gasteiger charge is -2.47. The molecule has 7 nitrogen and oxygen atoms in total. The van der Waals surface area contributed by atoms with Crippen LogP contribution in [0.2, 0.25) is 0 Å². The van der Waals surface area contributed by atoms with Crippen LogP contribution in [0.3, 0.4) is 0 Å². The average molecular weight is 246 g/mol. The van der Waals surface area contributed by atoms with Crippen LogP contribution in [0.4, 0.5) is 4.79 Å². The van der Waals surface area contributed by atoms with E-state index < -0.39 is 23.3 Å². The van der Waals surface area contributed by atoms with E-state index in [2.05, 4.69) is 4.84 Å². The molecule has 0 unspecified atom stereocenters. The van der Waals surface area contributed by atoms with E-state index in [1.165, 1.54) is 4.90 Å². The number of carboxylic acid groups (broad SMARTS) is 1. The molecule has 0 atom stereocenters. The quantitative estimate of drug-likeness (QED) is 0.696. The molecular weight excluding hydrogens is 228 g/mol. The molecule has 1 fully saturated rings. The number of rotatable bonds is 3. The summed E-state index contributed by atoms with van der Waals surface area (Å²) in [5, 5.41) is 8.69. The minimum Gasteiger partial charge on any atom is -0.481 e. The lowest BCUT2D eigenvalue weighted by atomic mass is 9.91. The molecule has 1 amide bonds. The highest BCUT2D eigenvalue weighted by Crippen LogP contribution is 2.28. The van der Waals surface area contributed by atoms with Gasteiger partial charge in [-0.15, -0.1) is 0 Å². The van der Waals surface area contributed by atoms with E-state index in [0.29, 0.717) is 0 Å². The molecule has 0 aromatic rings. The number of nitrogens with zero attached hydrogens (tertiary/aromatic N) is 1. The van der Waals surface area contributed by atoms with Crippen molar-refractivity contribution in [2.45, 2.75) is 38.4 Å². The minimum atomic E-state index is -1.01. The molecule has 1 saturated heterocycles. The lowest BCUT2D eigenvalue weighted by Crippen LogP contribution is -2.66. The van der Waals surface area contributed by atoms with Crippen LogP contribution in [-0.4, -0.2) is 46.4 Å². The van der Waals surface area contributed by atoms with Gasteiger partial charge in [-0.05, 0) is 20.8 Å². The summed E-state index contributed by atoms with van der Waals surface area (Å²) >= 11 is 0. The summed E-state index contributed by atoms with van der Waals surface area (Å²) in [4.78, 5) is 28.2. The number of amides is 1. The van der Waals surface area contributed by atoms with Crippen LogP contribution in [0.15, 0.2) is 0 Å². The van der Waals surface area contributed by atoms with E-state index in [-0.39, 0.29) is 19.5 Å². The molecule has 0 aliphatic carbocycles. The third kappa shape index (κ3) is 3.57. The molecule has 0 spiro atoms. The van der Waals surface area contributed by atoms with Crippen molar-refractivity contribution >= 4 is 12.1 Å². The molecule has 3 N–H and O–H groups in total. The van der Waals surface area contributed by atoms with E-state index in [9.17, 15) is 9.59 Å². The lowest BCUT2D eigenvalue weighted by molar-refractivity contribution is -0.168. The Bertz CT molecular complexity index is 317. The van der Waals surface area contributed by atoms with Crippen molar-refractivity contribution < 1.29 is 24.3 Å². The molecule has 0 bridgehead atoms. The van der Waals surface area contributed by atoms with Crippen LogP contribution < -0.4 is 5.90 Å². The molecular formula is C10H18N2O5. The van der Waals surface area contributed by atoms with Crippen molar-refractivity contribution in [3.63, 3.8) is 0 Å². The Morgan fingerprint density at radius 1 is 1.41 bits per heavy atom. The van der Waals surface area contributed by atoms with Gasteiger partial charge in [0.25, 0.3) is 0 Å². The molecule has 7 heteroatoms. The number of likely N-dealkylation sites (tertiary alicyclic amines) is 1. The van der Waals surface area contributed by atoms with Crippen molar-refractivity contribution in [1.29, 1.82) is 0 Å². The van der Waals surface area contributed by atoms with Crippen LogP contribution in [-0.2, 0) is 14.4 Å². The SMILES string of the molecule is CC(C)(C)OC(=O)N1CC(CC(=O)O)(ON)C1. The Morgan fingerprint density at radius 3 is 2.29 bits per heavy atom. The average Bonchev–Trinajstić information content (AvgIpc) is 2.06. The van der Waals surface area contributed by atoms with Crippen molar-refractivity contribution in [3.8, 4) is 0 Å². The van der Waals surface area contributed by atoms with Crippen LogP contribution in [0.25, 0.3) is 0 Å². The summed E-state index contributed by atoms with van der Waals surface area (Å²) < 4.78 is 5.13. The first-order valence-electron chi connectivity index (χ1n) is 5.25. The Hall–Kier alpha value is -1.34. The van der Waals surface area contributed by atoms with Gasteiger partial charge >= 0.3 is 12.1 Å². The summed E-state index contributed by atoms with van der Waals surface area (Å²) in [6, 6.07) is 0. The first kappa shape index (κ1) is 13.7. The van der Waals surface area contributed by atoms with E-state index in [1.807, 2.05) is 0 Å². The number of aliphatic carboxylic acids is 1. The summed E-state index contributed by atoms with van der Waals surface area (Å²) in [6.07, 6.45) is -0.724. The smallest absolute Gasteiger partial charge is 0.410 e. The predicted molar refractivity (Wildman–Crippen MR) is 58.1 cm³/mol. The van der Waals surface area contributed by atoms with Gasteiger partial charge in [-0.2, -0.15) is 0 Å². The van der Waals surface area contributed by atoms with Gasteiger partial charge in [0.05, 0.1) is 19.5 Å². The van der Waals surface area contributed by atoms with Crippen molar-refractivity contribution in [1.82, 2.24) is 4.90 Å². The van der Waals surface area contributed by atoms with Gasteiger partial charge in [0.15, 0.2) is 0 Å². The van der Waals surface area contributed by atoms with E-state index in [1.54, 1.807) is 20.8 Å². The Labute approximate surface area is 99.4 Å². The zero-order valence-electron chi connectivity index (χ0n) is 10.2. The molecule has 0 aromatic heterocycles. The highest BCUT2D eigenvalue weighted by molar-refractivity contribution is 5.72. The maximum Gasteiger partial charge on any atom is 0.410 e. The van der Waals surface area contributed by atoms with Crippen molar-refractivity contribution in [2.75, 3.05) is 13.1 Å². The van der Waals surface area contributed by atoms with Gasteiger partial charge in [0, 0.05) is 0 Å². The normalized spacial score (nSPS) is 18.5. The summed E-state index contributed by atoms with van der Waals surface area (Å²) in [7, 11) is 0. The van der Waals surface area contributed by atoms with E-state index in [4.69, 9.17) is 15.7 Å². The second-order valence-electron chi connectivity index (χ2n) is 5.21. The van der Waals surface area contributed by atoms with Gasteiger partial charge < -0.3 is 14.7 Å². The van der Waals surface area contributed by atoms with Gasteiger partial charge in [0.1, 0.15) is 11.2 Å². The molecule has 1 aliphatic heterocycles. The summed E-state index contributed by atoms with van der Waals surface area (Å²) in [6.45, 7) is 5.54. The number of carboxylic acids is 1. The zero-order valence-corrected chi connectivity index (χ0v) is 10.2. The highest BCUT2D eigenvalue weighted by atomic mass is 16.6. The van der Waals surface area contributed by atoms with Crippen LogP contribution in [0, 0.1) is 0 Å². The third-order valence-corrected chi connectivity index (χ3v) is 2.33. The molecule has 1 rings (SSSR count). The topological polar surface area (TPSA) is 102 Å². The monoisotopic (exact) mass is 246 g/mol. The molecule has 17 heavy (non-hydrogen) atoms. The summed E-state index contributed by atoms with van der Waals surface area (Å²) in [5.74, 6) is 4.05. The Balaban J connectivity index is 2.49. The van der Waals surface area contributed by atoms with E-state index in [0.717, 1.165) is 0 Å². The highest BCUT2D eigenvalue weighted by Gasteiger charge is 2.49. The molecule has 0 saturated carbocycles. The standard InChI is InChI=1S/C10H18N2O5/c1-9(2,3)16-8(15)12-5-10(6-12,17-11)4-7(13)14/h4-6,11H2,1-3H3,(H,13,14). The predicted octanol–water partition coefficient (Wildman–Crippen LogP) is 0.341. The van der Waals surface area contributed by atoms with Crippen LogP contribution in [0.1, 0.15) is 27.2 Å². The first-order valence-corrected chi connectivity index (χ1v) is 5.25. The second-order valence-corrected chi connectivity index (χ2v) is 5.21. The fourth-order valence-electron chi connectivity index (χ4n) is 1.61. The number of nitrogens with two attached hydrogens (primary N) is 1. The third-order valence-electron chi connectivity index (χ3n) is 2.33. The molecule has 1 aliphatic rings. The van der Waals surface area contributed by atoms with Crippen LogP contribution in [0.5, 0.6) is 0 Å². The second kappa shape index (κ2) is 4.50. The molecule has 0 aromatic carbocycles. The molecule has 1 heterocycles. The number of hydrogen-bond donors (Lipinski definition) is 2. The Kier molecular flexibility index (Phi) is 3.63. The van der Waals surface area contributed by atoms with E-state index >= 15 is 0 Å². The number of hydrogen-bond acceptors (Lipinski definition) is 5. The number of carbonyl (C=O) groups is 2. The zero-order chi connectivity index (χ0) is 13.3. The van der Waals surface area contributed by atoms with Gasteiger partial charge in [-0.3, -0.25) is 9.63 Å². The fraction of sp³-hybridized carbons (Fsp3) is 0.800. The van der Waals surface area contributed by atoms with Gasteiger partial charge in [-0.1, -0.05) is 0 Å². The van der Waals surface area contributed by atoms with Crippen LogP contribution >= 0.6 is 0 Å². The largest absolute Gasteiger partial charge is 0.481 e. The maximum absolute atomic E-state index is 11.6. The Morgan fingerprint density at radius 2 is 1.94 bits per heavy atom. The molecule has 0 radical (unpaired) electrons. The fourth-order valence-corrected chi connectivity index (χ4v) is 1.61. The first-order chi connectivity index (χ1) is 7.67. The number of carbonyl (C=O) groups excluding carboxylic acids is 1. The maximum atomic E-state index is 11.6. The minimum absolute atomic E-state index is 0.130. The number of ether oxygens (including phenoxy) is 1. The van der Waals surface area contributed by atoms with Gasteiger partial charge in [0.2, 0.25) is 0 Å². The van der Waals surface area contributed by atoms with Crippen molar-refractivity contribution in [3.05, 3.63) is 0 Å². The summed E-state index contributed by atoms with van der Waals surface area (Å²) in [5.41, 5.74) is -1.56. The molecule has 98 valence electrons.